The highest BCUT2D eigenvalue weighted by molar-refractivity contribution is 7.00. The molecule has 4 heterocycles. The van der Waals surface area contributed by atoms with Gasteiger partial charge in [0.15, 0.2) is 5.69 Å². The Bertz CT molecular complexity index is 7240. The highest BCUT2D eigenvalue weighted by Gasteiger charge is 2.46. The molecule has 20 aromatic rings. The Hall–Kier alpha value is -15.8. The van der Waals surface area contributed by atoms with E-state index >= 15 is 0 Å². The Labute approximate surface area is 730 Å². The molecule has 0 saturated carbocycles. The fraction of sp³-hybridized carbons (Fsp3) is 0.0678. The third-order valence-electron chi connectivity index (χ3n) is 25.9. The van der Waals surface area contributed by atoms with Crippen LogP contribution in [0.5, 0.6) is 0 Å². The van der Waals surface area contributed by atoms with E-state index in [1.165, 1.54) is 32.7 Å². The van der Waals surface area contributed by atoms with Crippen LogP contribution in [0.2, 0.25) is 0 Å². The SMILES string of the molecule is [C-]#[N+]c1ccc(-c2cc(-c3ccc(C(C)(C)C)cc3)c(N3c4cc(-n5c6ccccc6c6ccccc65)ccc4B4c5ccc(-n6c7ccccc7c7ccccc76)cc5N(c5c(-c6ccc(C(C)(C)C)cc6)cc(-c6ccc(C#N)cc6)cc5-c5cccc(-c6ccccc6)c5)c5cc(-c6ccccc6)cc3c54)c(-c3cccc(-c4ccccc4)c3)c2)cc1. The smallest absolute Gasteiger partial charge is 0.252 e. The van der Waals surface area contributed by atoms with Gasteiger partial charge in [-0.05, 0) is 225 Å². The zero-order valence-corrected chi connectivity index (χ0v) is 70.4. The average Bonchev–Trinajstić information content (AvgIpc) is 0.725. The van der Waals surface area contributed by atoms with Crippen LogP contribution in [0.15, 0.2) is 406 Å². The van der Waals surface area contributed by atoms with Crippen molar-refractivity contribution in [2.75, 3.05) is 9.80 Å². The van der Waals surface area contributed by atoms with Crippen molar-refractivity contribution >= 4 is 107 Å². The molecule has 22 rings (SSSR count). The summed E-state index contributed by atoms with van der Waals surface area (Å²) in [5, 5.41) is 15.2. The molecule has 0 fully saturated rings. The molecular weight excluding hydrogens is 1510 g/mol. The molecule has 2 aliphatic heterocycles. The molecule has 2 aromatic heterocycles. The Morgan fingerprint density at radius 3 is 0.952 bits per heavy atom. The van der Waals surface area contributed by atoms with Crippen LogP contribution in [0.1, 0.15) is 58.2 Å². The van der Waals surface area contributed by atoms with Crippen molar-refractivity contribution in [3.8, 4) is 118 Å². The first-order chi connectivity index (χ1) is 61.2. The van der Waals surface area contributed by atoms with Gasteiger partial charge in [-0.15, -0.1) is 0 Å². The Morgan fingerprint density at radius 2 is 0.584 bits per heavy atom. The van der Waals surface area contributed by atoms with Gasteiger partial charge in [-0.1, -0.05) is 339 Å². The molecule has 590 valence electrons. The zero-order valence-electron chi connectivity index (χ0n) is 70.4. The molecule has 0 N–H and O–H groups in total. The summed E-state index contributed by atoms with van der Waals surface area (Å²) >= 11 is 0. The van der Waals surface area contributed by atoms with E-state index in [0.29, 0.717) is 11.3 Å². The van der Waals surface area contributed by atoms with Crippen molar-refractivity contribution < 1.29 is 0 Å². The van der Waals surface area contributed by atoms with Crippen LogP contribution in [-0.2, 0) is 10.8 Å². The lowest BCUT2D eigenvalue weighted by molar-refractivity contribution is 0.590. The number of nitrogens with zero attached hydrogens (tertiary/aromatic N) is 6. The number of fused-ring (bicyclic) bond motifs is 10. The molecule has 0 saturated heterocycles. The van der Waals surface area contributed by atoms with Gasteiger partial charge in [-0.3, -0.25) is 0 Å². The van der Waals surface area contributed by atoms with Gasteiger partial charge in [0.05, 0.1) is 51.6 Å². The first kappa shape index (κ1) is 75.4. The van der Waals surface area contributed by atoms with Crippen molar-refractivity contribution in [2.45, 2.75) is 52.4 Å². The van der Waals surface area contributed by atoms with E-state index in [9.17, 15) is 5.26 Å². The Morgan fingerprint density at radius 1 is 0.272 bits per heavy atom. The van der Waals surface area contributed by atoms with E-state index in [0.717, 1.165) is 184 Å². The standard InChI is InChI=1S/C118H85BN6/c1-117(2,3)91-55-49-82(50-56-91)100-67-88(80-47-45-76(75-120)46-48-80)69-102(86-35-25-33-84(65-86)77-27-11-8-12-28-77)115(100)124-110-73-94(122-106-41-21-17-37-96(106)97-38-18-22-42-107(97)122)61-63-104(110)119-105-64-62-95(123-108-43-23-19-39-98(108)99-40-20-24-44-109(99)123)74-111(105)125(113-72-90(71-112(124)114(113)119)79-31-15-10-16-32-79)116-101(83-51-57-92(58-52-83)118(4,5)6)68-89(81-53-59-93(121-7)60-54-81)70-103(116)87-36-26-34-85(66-87)78-29-13-9-14-30-78/h8-74H,1-6H3. The van der Waals surface area contributed by atoms with Gasteiger partial charge in [-0.2, -0.15) is 5.26 Å². The maximum absolute atomic E-state index is 10.4. The van der Waals surface area contributed by atoms with Gasteiger partial charge in [0.2, 0.25) is 0 Å². The van der Waals surface area contributed by atoms with E-state index in [1.54, 1.807) is 0 Å². The predicted octanol–water partition coefficient (Wildman–Crippen LogP) is 30.0. The summed E-state index contributed by atoms with van der Waals surface area (Å²) in [5.74, 6) is 0. The van der Waals surface area contributed by atoms with Crippen LogP contribution in [0, 0.1) is 17.9 Å². The molecule has 125 heavy (non-hydrogen) atoms. The lowest BCUT2D eigenvalue weighted by Crippen LogP contribution is -2.61. The normalized spacial score (nSPS) is 12.3. The fourth-order valence-electron chi connectivity index (χ4n) is 19.6. The molecule has 7 heteroatoms. The third-order valence-corrected chi connectivity index (χ3v) is 25.9. The summed E-state index contributed by atoms with van der Waals surface area (Å²) in [5.41, 5.74) is 38.3. The zero-order chi connectivity index (χ0) is 84.3. The van der Waals surface area contributed by atoms with Crippen LogP contribution >= 0.6 is 0 Å². The van der Waals surface area contributed by atoms with Gasteiger partial charge in [0.25, 0.3) is 6.71 Å². The number of nitriles is 1. The maximum Gasteiger partial charge on any atom is 0.252 e. The van der Waals surface area contributed by atoms with Crippen LogP contribution < -0.4 is 26.2 Å². The van der Waals surface area contributed by atoms with E-state index in [2.05, 4.69) is 454 Å². The minimum absolute atomic E-state index is 0.144. The van der Waals surface area contributed by atoms with Gasteiger partial charge in [0, 0.05) is 77.9 Å². The molecule has 0 bridgehead atoms. The van der Waals surface area contributed by atoms with Crippen LogP contribution in [-0.4, -0.2) is 15.8 Å². The monoisotopic (exact) mass is 1600 g/mol. The lowest BCUT2D eigenvalue weighted by atomic mass is 9.33. The van der Waals surface area contributed by atoms with Gasteiger partial charge < -0.3 is 18.9 Å². The summed E-state index contributed by atoms with van der Waals surface area (Å²) in [6.07, 6.45) is 0. The van der Waals surface area contributed by atoms with Gasteiger partial charge >= 0.3 is 0 Å². The second kappa shape index (κ2) is 30.1. The van der Waals surface area contributed by atoms with Crippen molar-refractivity contribution in [3.05, 3.63) is 435 Å². The first-order valence-electron chi connectivity index (χ1n) is 43.1. The summed E-state index contributed by atoms with van der Waals surface area (Å²) < 4.78 is 4.97. The fourth-order valence-corrected chi connectivity index (χ4v) is 19.6. The number of hydrogen-bond acceptors (Lipinski definition) is 3. The summed E-state index contributed by atoms with van der Waals surface area (Å²) in [6, 6.07) is 153. The van der Waals surface area contributed by atoms with Crippen LogP contribution in [0.3, 0.4) is 0 Å². The molecule has 0 amide bonds. The quantitative estimate of drug-likeness (QED) is 0.0854. The number of rotatable bonds is 13. The second-order valence-electron chi connectivity index (χ2n) is 35.4. The lowest BCUT2D eigenvalue weighted by Gasteiger charge is -2.46. The number of aromatic nitrogens is 2. The van der Waals surface area contributed by atoms with Gasteiger partial charge in [0.1, 0.15) is 0 Å². The molecule has 0 spiro atoms. The topological polar surface area (TPSA) is 44.5 Å². The highest BCUT2D eigenvalue weighted by Crippen LogP contribution is 2.57. The molecule has 0 aliphatic carbocycles. The van der Waals surface area contributed by atoms with Crippen molar-refractivity contribution in [1.82, 2.24) is 9.13 Å². The third kappa shape index (κ3) is 13.0. The summed E-state index contributed by atoms with van der Waals surface area (Å²) in [6.45, 7) is 21.6. The number of hydrogen-bond donors (Lipinski definition) is 0. The van der Waals surface area contributed by atoms with E-state index in [-0.39, 0.29) is 10.8 Å². The number of anilines is 6. The van der Waals surface area contributed by atoms with Gasteiger partial charge in [-0.25, -0.2) is 4.85 Å². The number of benzene rings is 18. The molecule has 0 atom stereocenters. The minimum atomic E-state index is -0.390. The molecule has 2 aliphatic rings. The Kier molecular flexibility index (Phi) is 18.2. The molecule has 0 unspecified atom stereocenters. The molecule has 18 aromatic carbocycles. The second-order valence-corrected chi connectivity index (χ2v) is 35.4. The molecule has 6 nitrogen and oxygen atoms in total. The maximum atomic E-state index is 10.4. The van der Waals surface area contributed by atoms with Crippen LogP contribution in [0.4, 0.5) is 39.8 Å². The van der Waals surface area contributed by atoms with Crippen molar-refractivity contribution in [3.63, 3.8) is 0 Å². The average molecular weight is 1600 g/mol. The van der Waals surface area contributed by atoms with Crippen molar-refractivity contribution in [1.29, 1.82) is 5.26 Å². The highest BCUT2D eigenvalue weighted by atomic mass is 15.2. The van der Waals surface area contributed by atoms with Crippen molar-refractivity contribution in [2.24, 2.45) is 0 Å². The summed E-state index contributed by atoms with van der Waals surface area (Å²) in [4.78, 5) is 9.31. The minimum Gasteiger partial charge on any atom is -0.310 e. The number of para-hydroxylation sites is 4. The largest absolute Gasteiger partial charge is 0.310 e. The Balaban J connectivity index is 0.936. The molecular formula is C118H85BN6. The molecule has 0 radical (unpaired) electrons. The predicted molar refractivity (Wildman–Crippen MR) is 526 cm³/mol. The van der Waals surface area contributed by atoms with E-state index in [1.807, 2.05) is 24.3 Å². The van der Waals surface area contributed by atoms with E-state index < -0.39 is 6.71 Å². The van der Waals surface area contributed by atoms with Crippen LogP contribution in [0.25, 0.3) is 160 Å². The van der Waals surface area contributed by atoms with E-state index in [4.69, 9.17) is 6.57 Å². The summed E-state index contributed by atoms with van der Waals surface area (Å²) in [7, 11) is 0. The first-order valence-corrected chi connectivity index (χ1v) is 43.1.